The van der Waals surface area contributed by atoms with Crippen molar-refractivity contribution < 1.29 is 8.42 Å². The predicted molar refractivity (Wildman–Crippen MR) is 104 cm³/mol. The van der Waals surface area contributed by atoms with Gasteiger partial charge in [0.05, 0.1) is 0 Å². The summed E-state index contributed by atoms with van der Waals surface area (Å²) in [5, 5.41) is 4.91. The number of fused-ring (bicyclic) bond motifs is 1. The molecule has 0 radical (unpaired) electrons. The Morgan fingerprint density at radius 1 is 1.00 bits per heavy atom. The zero-order chi connectivity index (χ0) is 17.3. The van der Waals surface area contributed by atoms with Crippen LogP contribution in [0, 0.1) is 0 Å². The second-order valence-electron chi connectivity index (χ2n) is 5.64. The maximum atomic E-state index is 12.5. The highest BCUT2D eigenvalue weighted by atomic mass is 32.2. The van der Waals surface area contributed by atoms with Crippen LogP contribution in [0.5, 0.6) is 0 Å². The molecule has 0 bridgehead atoms. The Kier molecular flexibility index (Phi) is 4.47. The number of hydrogen-bond acceptors (Lipinski definition) is 4. The van der Waals surface area contributed by atoms with Crippen LogP contribution in [0.15, 0.2) is 69.7 Å². The van der Waals surface area contributed by atoms with Crippen molar-refractivity contribution in [3.05, 3.63) is 75.9 Å². The van der Waals surface area contributed by atoms with E-state index in [0.717, 1.165) is 21.3 Å². The number of benzene rings is 1. The molecule has 4 rings (SSSR count). The lowest BCUT2D eigenvalue weighted by molar-refractivity contribution is 0.580. The summed E-state index contributed by atoms with van der Waals surface area (Å²) in [7, 11) is -3.48. The van der Waals surface area contributed by atoms with Crippen molar-refractivity contribution in [1.29, 1.82) is 0 Å². The molecule has 0 aliphatic rings. The van der Waals surface area contributed by atoms with Gasteiger partial charge in [-0.2, -0.15) is 0 Å². The summed E-state index contributed by atoms with van der Waals surface area (Å²) in [6.45, 7) is 0.322. The molecule has 3 aromatic heterocycles. The van der Waals surface area contributed by atoms with E-state index in [-0.39, 0.29) is 5.92 Å². The number of aromatic nitrogens is 1. The fourth-order valence-electron chi connectivity index (χ4n) is 2.92. The largest absolute Gasteiger partial charge is 0.361 e. The molecule has 4 nitrogen and oxygen atoms in total. The molecule has 25 heavy (non-hydrogen) atoms. The van der Waals surface area contributed by atoms with Crippen molar-refractivity contribution in [2.75, 3.05) is 6.54 Å². The summed E-state index contributed by atoms with van der Waals surface area (Å²) in [6, 6.07) is 15.5. The van der Waals surface area contributed by atoms with E-state index in [0.29, 0.717) is 10.8 Å². The molecule has 0 saturated heterocycles. The third-order valence-corrected chi connectivity index (χ3v) is 7.93. The third kappa shape index (κ3) is 3.28. The minimum Gasteiger partial charge on any atom is -0.361 e. The Morgan fingerprint density at radius 3 is 2.56 bits per heavy atom. The number of hydrogen-bond donors (Lipinski definition) is 2. The highest BCUT2D eigenvalue weighted by Crippen LogP contribution is 2.33. The lowest BCUT2D eigenvalue weighted by Gasteiger charge is -2.16. The predicted octanol–water partition coefficient (Wildman–Crippen LogP) is 4.40. The standard InChI is InChI=1S/C18H16N2O2S3/c21-25(22,18-8-4-10-24-18)20-12-15(17-7-3-9-23-17)14-11-19-16-6-2-1-5-13(14)16/h1-11,15,19-20H,12H2/t15-/m1/s1. The number of nitrogens with one attached hydrogen (secondary N) is 2. The molecular formula is C18H16N2O2S3. The van der Waals surface area contributed by atoms with Crippen LogP contribution in [-0.2, 0) is 10.0 Å². The van der Waals surface area contributed by atoms with E-state index in [1.807, 2.05) is 35.8 Å². The number of rotatable bonds is 6. The molecule has 0 unspecified atom stereocenters. The molecule has 7 heteroatoms. The monoisotopic (exact) mass is 388 g/mol. The Morgan fingerprint density at radius 2 is 1.80 bits per heavy atom. The lowest BCUT2D eigenvalue weighted by Crippen LogP contribution is -2.28. The molecule has 128 valence electrons. The Balaban J connectivity index is 1.68. The number of thiophene rings is 2. The molecule has 4 aromatic rings. The third-order valence-electron chi connectivity index (χ3n) is 4.12. The lowest BCUT2D eigenvalue weighted by atomic mass is 9.97. The van der Waals surface area contributed by atoms with E-state index in [4.69, 9.17) is 0 Å². The Hall–Kier alpha value is -1.93. The van der Waals surface area contributed by atoms with Gasteiger partial charge in [-0.25, -0.2) is 13.1 Å². The van der Waals surface area contributed by atoms with Gasteiger partial charge in [0.15, 0.2) is 0 Å². The zero-order valence-electron chi connectivity index (χ0n) is 13.2. The first-order chi connectivity index (χ1) is 12.1. The quantitative estimate of drug-likeness (QED) is 0.514. The fraction of sp³-hybridized carbons (Fsp3) is 0.111. The van der Waals surface area contributed by atoms with Crippen molar-refractivity contribution in [1.82, 2.24) is 9.71 Å². The van der Waals surface area contributed by atoms with E-state index >= 15 is 0 Å². The van der Waals surface area contributed by atoms with Crippen LogP contribution in [0.3, 0.4) is 0 Å². The van der Waals surface area contributed by atoms with Gasteiger partial charge in [-0.3, -0.25) is 0 Å². The molecule has 0 spiro atoms. The number of sulfonamides is 1. The molecular weight excluding hydrogens is 372 g/mol. The van der Waals surface area contributed by atoms with Crippen LogP contribution in [0.1, 0.15) is 16.4 Å². The van der Waals surface area contributed by atoms with Crippen LogP contribution in [0.25, 0.3) is 10.9 Å². The van der Waals surface area contributed by atoms with Gasteiger partial charge in [-0.15, -0.1) is 22.7 Å². The van der Waals surface area contributed by atoms with Gasteiger partial charge < -0.3 is 4.98 Å². The summed E-state index contributed by atoms with van der Waals surface area (Å²) >= 11 is 2.86. The van der Waals surface area contributed by atoms with E-state index in [1.165, 1.54) is 11.3 Å². The summed E-state index contributed by atoms with van der Waals surface area (Å²) in [6.07, 6.45) is 1.98. The molecule has 0 fully saturated rings. The topological polar surface area (TPSA) is 62.0 Å². The van der Waals surface area contributed by atoms with Gasteiger partial charge in [0, 0.05) is 34.4 Å². The van der Waals surface area contributed by atoms with Crippen LogP contribution in [0.2, 0.25) is 0 Å². The highest BCUT2D eigenvalue weighted by Gasteiger charge is 2.23. The van der Waals surface area contributed by atoms with Gasteiger partial charge in [-0.1, -0.05) is 30.3 Å². The summed E-state index contributed by atoms with van der Waals surface area (Å²) < 4.78 is 28.1. The van der Waals surface area contributed by atoms with Crippen molar-refractivity contribution in [2.45, 2.75) is 10.1 Å². The Labute approximate surface area is 154 Å². The fourth-order valence-corrected chi connectivity index (χ4v) is 5.85. The first-order valence-electron chi connectivity index (χ1n) is 7.78. The summed E-state index contributed by atoms with van der Waals surface area (Å²) in [4.78, 5) is 4.42. The normalized spacial score (nSPS) is 13.3. The molecule has 0 saturated carbocycles. The first-order valence-corrected chi connectivity index (χ1v) is 11.0. The SMILES string of the molecule is O=S(=O)(NC[C@@H](c1cccs1)c1c[nH]c2ccccc12)c1cccs1. The second-order valence-corrected chi connectivity index (χ2v) is 9.56. The average molecular weight is 389 g/mol. The zero-order valence-corrected chi connectivity index (χ0v) is 15.6. The number of para-hydroxylation sites is 1. The van der Waals surface area contributed by atoms with Gasteiger partial charge in [0.1, 0.15) is 4.21 Å². The van der Waals surface area contributed by atoms with Crippen molar-refractivity contribution in [2.24, 2.45) is 0 Å². The molecule has 1 aromatic carbocycles. The average Bonchev–Trinajstić information content (AvgIpc) is 3.37. The van der Waals surface area contributed by atoms with Crippen LogP contribution >= 0.6 is 22.7 Å². The number of aromatic amines is 1. The van der Waals surface area contributed by atoms with Gasteiger partial charge >= 0.3 is 0 Å². The van der Waals surface area contributed by atoms with Crippen molar-refractivity contribution in [3.8, 4) is 0 Å². The number of H-pyrrole nitrogens is 1. The van der Waals surface area contributed by atoms with Gasteiger partial charge in [0.25, 0.3) is 0 Å². The smallest absolute Gasteiger partial charge is 0.250 e. The highest BCUT2D eigenvalue weighted by molar-refractivity contribution is 7.91. The maximum absolute atomic E-state index is 12.5. The molecule has 0 aliphatic heterocycles. The van der Waals surface area contributed by atoms with Crippen LogP contribution in [-0.4, -0.2) is 19.9 Å². The minimum atomic E-state index is -3.48. The van der Waals surface area contributed by atoms with E-state index in [1.54, 1.807) is 28.8 Å². The van der Waals surface area contributed by atoms with Crippen LogP contribution in [0.4, 0.5) is 0 Å². The van der Waals surface area contributed by atoms with Gasteiger partial charge in [-0.05, 0) is 34.5 Å². The molecule has 2 N–H and O–H groups in total. The molecule has 0 aliphatic carbocycles. The van der Waals surface area contributed by atoms with E-state index in [2.05, 4.69) is 21.8 Å². The van der Waals surface area contributed by atoms with E-state index in [9.17, 15) is 8.42 Å². The minimum absolute atomic E-state index is 0.0362. The van der Waals surface area contributed by atoms with Crippen molar-refractivity contribution >= 4 is 43.6 Å². The summed E-state index contributed by atoms with van der Waals surface area (Å²) in [5.74, 6) is -0.0362. The van der Waals surface area contributed by atoms with Crippen LogP contribution < -0.4 is 4.72 Å². The second kappa shape index (κ2) is 6.76. The molecule has 0 amide bonds. The molecule has 1 atom stereocenters. The summed E-state index contributed by atoms with van der Waals surface area (Å²) in [5.41, 5.74) is 2.16. The molecule has 3 heterocycles. The van der Waals surface area contributed by atoms with E-state index < -0.39 is 10.0 Å². The Bertz CT molecular complexity index is 1060. The van der Waals surface area contributed by atoms with Gasteiger partial charge in [0.2, 0.25) is 10.0 Å². The van der Waals surface area contributed by atoms with Crippen molar-refractivity contribution in [3.63, 3.8) is 0 Å². The maximum Gasteiger partial charge on any atom is 0.250 e. The first kappa shape index (κ1) is 16.5.